The van der Waals surface area contributed by atoms with Crippen molar-refractivity contribution < 1.29 is 33.5 Å². The van der Waals surface area contributed by atoms with E-state index >= 15 is 0 Å². The number of ether oxygens (including phenoxy) is 2. The van der Waals surface area contributed by atoms with Crippen LogP contribution in [-0.4, -0.2) is 93.5 Å². The first-order valence-corrected chi connectivity index (χ1v) is 16.9. The summed E-state index contributed by atoms with van der Waals surface area (Å²) in [4.78, 5) is 68.0. The first kappa shape index (κ1) is 35.1. The van der Waals surface area contributed by atoms with Crippen molar-refractivity contribution in [2.75, 3.05) is 32.8 Å². The molecule has 4 rings (SSSR count). The molecule has 1 atom stereocenters. The number of thioether (sulfide) groups is 1. The lowest BCUT2D eigenvalue weighted by molar-refractivity contribution is -0.158. The zero-order chi connectivity index (χ0) is 33.1. The SMILES string of the molecule is CCOC(=O)ON1CCN(C(=O)[C@H](CCC(=O)OC(C)(C)C)NC(=O)c2cc(SC3CCCCC3)nc(-c3ccccc3)n2)CC1. The second-order valence-corrected chi connectivity index (χ2v) is 13.7. The fraction of sp³-hybridized carbons (Fsp3) is 0.576. The summed E-state index contributed by atoms with van der Waals surface area (Å²) in [5.41, 5.74) is 0.244. The van der Waals surface area contributed by atoms with Crippen molar-refractivity contribution >= 4 is 35.7 Å². The third-order valence-electron chi connectivity index (χ3n) is 7.48. The third-order valence-corrected chi connectivity index (χ3v) is 8.74. The molecule has 0 bridgehead atoms. The van der Waals surface area contributed by atoms with Gasteiger partial charge in [-0.15, -0.1) is 16.8 Å². The summed E-state index contributed by atoms with van der Waals surface area (Å²) in [6.45, 7) is 8.24. The smallest absolute Gasteiger partial charge is 0.460 e. The Labute approximate surface area is 274 Å². The van der Waals surface area contributed by atoms with Crippen molar-refractivity contribution in [2.45, 2.75) is 94.6 Å². The molecule has 46 heavy (non-hydrogen) atoms. The predicted molar refractivity (Wildman–Crippen MR) is 173 cm³/mol. The number of nitrogens with zero attached hydrogens (tertiary/aromatic N) is 4. The lowest BCUT2D eigenvalue weighted by atomic mass is 10.0. The fourth-order valence-corrected chi connectivity index (χ4v) is 6.52. The number of piperazine rings is 1. The number of carbonyl (C=O) groups excluding carboxylic acids is 4. The Morgan fingerprint density at radius 1 is 1.00 bits per heavy atom. The molecule has 2 fully saturated rings. The highest BCUT2D eigenvalue weighted by molar-refractivity contribution is 7.99. The van der Waals surface area contributed by atoms with Crippen LogP contribution in [0.25, 0.3) is 11.4 Å². The molecule has 0 spiro atoms. The minimum absolute atomic E-state index is 0.0410. The van der Waals surface area contributed by atoms with Gasteiger partial charge in [0.1, 0.15) is 22.4 Å². The van der Waals surface area contributed by atoms with Crippen LogP contribution in [0.4, 0.5) is 4.79 Å². The lowest BCUT2D eigenvalue weighted by Gasteiger charge is -2.35. The topological polar surface area (TPSA) is 140 Å². The highest BCUT2D eigenvalue weighted by Gasteiger charge is 2.32. The van der Waals surface area contributed by atoms with E-state index in [0.717, 1.165) is 18.4 Å². The summed E-state index contributed by atoms with van der Waals surface area (Å²) < 4.78 is 10.3. The van der Waals surface area contributed by atoms with Gasteiger partial charge in [-0.1, -0.05) is 49.6 Å². The molecule has 1 aromatic heterocycles. The van der Waals surface area contributed by atoms with Crippen LogP contribution >= 0.6 is 11.8 Å². The van der Waals surface area contributed by atoms with E-state index in [9.17, 15) is 19.2 Å². The number of aromatic nitrogens is 2. The molecule has 1 aliphatic carbocycles. The first-order valence-electron chi connectivity index (χ1n) is 16.0. The molecule has 13 heteroatoms. The number of nitrogens with one attached hydrogen (secondary N) is 1. The maximum absolute atomic E-state index is 13.8. The van der Waals surface area contributed by atoms with Crippen LogP contribution in [0.5, 0.6) is 0 Å². The summed E-state index contributed by atoms with van der Waals surface area (Å²) >= 11 is 1.66. The number of hydroxylamine groups is 2. The summed E-state index contributed by atoms with van der Waals surface area (Å²) in [5.74, 6) is -0.911. The number of hydrogen-bond donors (Lipinski definition) is 1. The highest BCUT2D eigenvalue weighted by Crippen LogP contribution is 2.33. The van der Waals surface area contributed by atoms with Crippen LogP contribution in [0.2, 0.25) is 0 Å². The van der Waals surface area contributed by atoms with Crippen molar-refractivity contribution in [1.29, 1.82) is 0 Å². The second kappa shape index (κ2) is 16.7. The van der Waals surface area contributed by atoms with E-state index in [0.29, 0.717) is 16.1 Å². The molecule has 2 aromatic rings. The summed E-state index contributed by atoms with van der Waals surface area (Å²) in [7, 11) is 0. The van der Waals surface area contributed by atoms with E-state index in [1.54, 1.807) is 50.4 Å². The molecule has 12 nitrogen and oxygen atoms in total. The molecule has 0 radical (unpaired) electrons. The molecule has 1 aliphatic heterocycles. The number of benzene rings is 1. The summed E-state index contributed by atoms with van der Waals surface area (Å²) in [6.07, 6.45) is 4.94. The molecule has 2 heterocycles. The Hall–Kier alpha value is -3.71. The largest absolute Gasteiger partial charge is 0.527 e. The van der Waals surface area contributed by atoms with Crippen molar-refractivity contribution in [3.63, 3.8) is 0 Å². The number of carbonyl (C=O) groups is 4. The van der Waals surface area contributed by atoms with E-state index in [4.69, 9.17) is 19.3 Å². The van der Waals surface area contributed by atoms with Gasteiger partial charge in [-0.05, 0) is 47.0 Å². The predicted octanol–water partition coefficient (Wildman–Crippen LogP) is 5.02. The van der Waals surface area contributed by atoms with Crippen LogP contribution in [0.3, 0.4) is 0 Å². The van der Waals surface area contributed by atoms with Crippen LogP contribution in [0, 0.1) is 0 Å². The molecule has 1 aromatic carbocycles. The van der Waals surface area contributed by atoms with Gasteiger partial charge in [0, 0.05) is 36.4 Å². The quantitative estimate of drug-likeness (QED) is 0.258. The summed E-state index contributed by atoms with van der Waals surface area (Å²) in [5, 5.41) is 5.42. The molecule has 2 amide bonds. The number of esters is 1. The Bertz CT molecular complexity index is 1340. The molecule has 1 N–H and O–H groups in total. The van der Waals surface area contributed by atoms with Gasteiger partial charge < -0.3 is 24.5 Å². The van der Waals surface area contributed by atoms with E-state index in [-0.39, 0.29) is 57.2 Å². The summed E-state index contributed by atoms with van der Waals surface area (Å²) in [6, 6.07) is 10.1. The normalized spacial score (nSPS) is 16.7. The van der Waals surface area contributed by atoms with Gasteiger partial charge in [0.25, 0.3) is 5.91 Å². The van der Waals surface area contributed by atoms with Gasteiger partial charge in [0.15, 0.2) is 5.82 Å². The second-order valence-electron chi connectivity index (χ2n) is 12.3. The Morgan fingerprint density at radius 3 is 2.35 bits per heavy atom. The Balaban J connectivity index is 1.52. The number of hydrogen-bond acceptors (Lipinski definition) is 11. The van der Waals surface area contributed by atoms with Gasteiger partial charge in [-0.2, -0.15) is 0 Å². The zero-order valence-electron chi connectivity index (χ0n) is 27.2. The van der Waals surface area contributed by atoms with E-state index in [1.807, 2.05) is 30.3 Å². The fourth-order valence-electron chi connectivity index (χ4n) is 5.29. The van der Waals surface area contributed by atoms with Gasteiger partial charge in [-0.3, -0.25) is 14.4 Å². The van der Waals surface area contributed by atoms with Crippen LogP contribution in [-0.2, 0) is 23.9 Å². The van der Waals surface area contributed by atoms with Crippen molar-refractivity contribution in [2.24, 2.45) is 0 Å². The first-order chi connectivity index (χ1) is 22.0. The standard InChI is InChI=1S/C33H45N5O7S/c1-5-43-32(42)45-38-20-18-37(19-21-38)31(41)25(16-17-28(39)44-33(2,3)4)35-30(40)26-22-27(46-24-14-10-7-11-15-24)36-29(34-26)23-12-8-6-9-13-23/h6,8-9,12-13,22,24-25H,5,7,10-11,14-21H2,1-4H3,(H,35,40)/t25-/m0/s1. The minimum Gasteiger partial charge on any atom is -0.460 e. The van der Waals surface area contributed by atoms with Gasteiger partial charge in [-0.25, -0.2) is 14.8 Å². The van der Waals surface area contributed by atoms with Crippen molar-refractivity contribution in [3.8, 4) is 11.4 Å². The maximum atomic E-state index is 13.8. The van der Waals surface area contributed by atoms with E-state index in [1.165, 1.54) is 24.3 Å². The van der Waals surface area contributed by atoms with Crippen LogP contribution < -0.4 is 5.32 Å². The van der Waals surface area contributed by atoms with E-state index < -0.39 is 29.7 Å². The molecular formula is C33H45N5O7S. The average Bonchev–Trinajstić information content (AvgIpc) is 3.03. The van der Waals surface area contributed by atoms with Crippen LogP contribution in [0.15, 0.2) is 41.4 Å². The number of amides is 2. The zero-order valence-corrected chi connectivity index (χ0v) is 28.0. The van der Waals surface area contributed by atoms with Gasteiger partial charge in [0.05, 0.1) is 19.7 Å². The van der Waals surface area contributed by atoms with Crippen LogP contribution in [0.1, 0.15) is 83.1 Å². The van der Waals surface area contributed by atoms with Crippen molar-refractivity contribution in [1.82, 2.24) is 25.2 Å². The molecular weight excluding hydrogens is 610 g/mol. The molecule has 1 saturated heterocycles. The number of rotatable bonds is 11. The monoisotopic (exact) mass is 655 g/mol. The minimum atomic E-state index is -1.01. The van der Waals surface area contributed by atoms with Gasteiger partial charge in [0.2, 0.25) is 5.91 Å². The molecule has 1 saturated carbocycles. The molecule has 2 aliphatic rings. The Kier molecular flexibility index (Phi) is 12.8. The average molecular weight is 656 g/mol. The maximum Gasteiger partial charge on any atom is 0.527 e. The van der Waals surface area contributed by atoms with E-state index in [2.05, 4.69) is 10.3 Å². The molecule has 0 unspecified atom stereocenters. The Morgan fingerprint density at radius 2 is 1.70 bits per heavy atom. The highest BCUT2D eigenvalue weighted by atomic mass is 32.2. The lowest BCUT2D eigenvalue weighted by Crippen LogP contribution is -2.55. The third kappa shape index (κ3) is 11.0. The van der Waals surface area contributed by atoms with Gasteiger partial charge >= 0.3 is 12.1 Å². The molecule has 250 valence electrons. The van der Waals surface area contributed by atoms with Crippen molar-refractivity contribution in [3.05, 3.63) is 42.1 Å².